The van der Waals surface area contributed by atoms with E-state index in [4.69, 9.17) is 4.74 Å². The van der Waals surface area contributed by atoms with Crippen LogP contribution in [0.5, 0.6) is 0 Å². The lowest BCUT2D eigenvalue weighted by molar-refractivity contribution is -0.00551. The van der Waals surface area contributed by atoms with E-state index < -0.39 is 0 Å². The molecule has 0 atom stereocenters. The van der Waals surface area contributed by atoms with Crippen molar-refractivity contribution < 1.29 is 4.74 Å². The quantitative estimate of drug-likeness (QED) is 0.939. The molecular formula is C13H17N3OS2. The predicted molar refractivity (Wildman–Crippen MR) is 82.2 cm³/mol. The van der Waals surface area contributed by atoms with Crippen molar-refractivity contribution in [1.82, 2.24) is 9.97 Å². The summed E-state index contributed by atoms with van der Waals surface area (Å²) in [6, 6.07) is 2.02. The Balaban J connectivity index is 1.76. The topological polar surface area (TPSA) is 47.0 Å². The lowest BCUT2D eigenvalue weighted by Crippen LogP contribution is -2.42. The van der Waals surface area contributed by atoms with E-state index in [9.17, 15) is 0 Å². The molecule has 0 amide bonds. The van der Waals surface area contributed by atoms with Gasteiger partial charge >= 0.3 is 0 Å². The van der Waals surface area contributed by atoms with E-state index in [1.165, 1.54) is 11.5 Å². The van der Waals surface area contributed by atoms with Crippen LogP contribution < -0.4 is 5.32 Å². The highest BCUT2D eigenvalue weighted by molar-refractivity contribution is 7.99. The summed E-state index contributed by atoms with van der Waals surface area (Å²) >= 11 is 3.68. The average Bonchev–Trinajstić information content (AvgIpc) is 2.95. The van der Waals surface area contributed by atoms with Crippen molar-refractivity contribution in [1.29, 1.82) is 0 Å². The fourth-order valence-electron chi connectivity index (χ4n) is 2.36. The number of ether oxygens (including phenoxy) is 1. The smallest absolute Gasteiger partial charge is 0.147 e. The van der Waals surface area contributed by atoms with Crippen LogP contribution in [0.3, 0.4) is 0 Å². The standard InChI is InChI=1S/C13H17N3OS2/c1-17-13(3-6-18-7-4-13)8-14-12-11-10(2-5-19-11)15-9-16-12/h2,5,9H,3-4,6-8H2,1H3,(H,14,15,16). The van der Waals surface area contributed by atoms with E-state index in [2.05, 4.69) is 15.3 Å². The number of hydrogen-bond acceptors (Lipinski definition) is 6. The summed E-state index contributed by atoms with van der Waals surface area (Å²) in [5.41, 5.74) is 0.966. The van der Waals surface area contributed by atoms with Gasteiger partial charge in [-0.25, -0.2) is 9.97 Å². The highest BCUT2D eigenvalue weighted by Gasteiger charge is 2.32. The van der Waals surface area contributed by atoms with Gasteiger partial charge in [-0.1, -0.05) is 0 Å². The molecule has 19 heavy (non-hydrogen) atoms. The van der Waals surface area contributed by atoms with Gasteiger partial charge in [-0.3, -0.25) is 0 Å². The third-order valence-electron chi connectivity index (χ3n) is 3.66. The number of thiophene rings is 1. The summed E-state index contributed by atoms with van der Waals surface area (Å²) in [5.74, 6) is 3.27. The predicted octanol–water partition coefficient (Wildman–Crippen LogP) is 3.02. The molecule has 2 aromatic heterocycles. The van der Waals surface area contributed by atoms with Crippen LogP contribution in [0.2, 0.25) is 0 Å². The molecule has 2 aromatic rings. The first-order chi connectivity index (χ1) is 9.33. The molecule has 1 aliphatic heterocycles. The molecule has 1 fully saturated rings. The molecule has 0 saturated carbocycles. The Bertz CT molecular complexity index is 552. The fraction of sp³-hybridized carbons (Fsp3) is 0.538. The van der Waals surface area contributed by atoms with Crippen molar-refractivity contribution in [2.75, 3.05) is 30.5 Å². The Kier molecular flexibility index (Phi) is 3.91. The Hall–Kier alpha value is -0.850. The van der Waals surface area contributed by atoms with E-state index in [-0.39, 0.29) is 5.60 Å². The van der Waals surface area contributed by atoms with Gasteiger partial charge in [-0.05, 0) is 35.8 Å². The Morgan fingerprint density at radius 2 is 2.21 bits per heavy atom. The zero-order valence-corrected chi connectivity index (χ0v) is 12.5. The van der Waals surface area contributed by atoms with Gasteiger partial charge in [-0.2, -0.15) is 11.8 Å². The van der Waals surface area contributed by atoms with Gasteiger partial charge in [0.15, 0.2) is 0 Å². The first-order valence-corrected chi connectivity index (χ1v) is 8.41. The highest BCUT2D eigenvalue weighted by Crippen LogP contribution is 2.31. The summed E-state index contributed by atoms with van der Waals surface area (Å²) in [4.78, 5) is 8.62. The van der Waals surface area contributed by atoms with Crippen LogP contribution >= 0.6 is 23.1 Å². The molecule has 0 aromatic carbocycles. The largest absolute Gasteiger partial charge is 0.376 e. The number of rotatable bonds is 4. The second kappa shape index (κ2) is 5.64. The molecule has 1 aliphatic rings. The van der Waals surface area contributed by atoms with Crippen molar-refractivity contribution in [2.45, 2.75) is 18.4 Å². The molecule has 0 aliphatic carbocycles. The molecule has 4 nitrogen and oxygen atoms in total. The van der Waals surface area contributed by atoms with Crippen LogP contribution in [-0.4, -0.2) is 40.7 Å². The average molecular weight is 295 g/mol. The first kappa shape index (κ1) is 13.1. The maximum absolute atomic E-state index is 5.78. The van der Waals surface area contributed by atoms with Crippen molar-refractivity contribution in [3.05, 3.63) is 17.8 Å². The second-order valence-electron chi connectivity index (χ2n) is 4.71. The van der Waals surface area contributed by atoms with Gasteiger partial charge in [0, 0.05) is 13.7 Å². The molecule has 0 bridgehead atoms. The minimum absolute atomic E-state index is 0.0419. The summed E-state index contributed by atoms with van der Waals surface area (Å²) in [6.07, 6.45) is 3.81. The summed E-state index contributed by atoms with van der Waals surface area (Å²) in [5, 5.41) is 5.51. The summed E-state index contributed by atoms with van der Waals surface area (Å²) in [7, 11) is 1.82. The van der Waals surface area contributed by atoms with Gasteiger partial charge in [0.05, 0.1) is 15.8 Å². The van der Waals surface area contributed by atoms with Crippen LogP contribution in [0.15, 0.2) is 17.8 Å². The van der Waals surface area contributed by atoms with E-state index in [0.717, 1.165) is 35.4 Å². The Morgan fingerprint density at radius 3 is 3.00 bits per heavy atom. The maximum atomic E-state index is 5.78. The second-order valence-corrected chi connectivity index (χ2v) is 6.85. The lowest BCUT2D eigenvalue weighted by atomic mass is 9.96. The molecule has 0 spiro atoms. The van der Waals surface area contributed by atoms with Gasteiger partial charge in [-0.15, -0.1) is 11.3 Å². The monoisotopic (exact) mass is 295 g/mol. The molecule has 6 heteroatoms. The number of aromatic nitrogens is 2. The number of hydrogen-bond donors (Lipinski definition) is 1. The van der Waals surface area contributed by atoms with Gasteiger partial charge in [0.2, 0.25) is 0 Å². The molecule has 3 heterocycles. The van der Waals surface area contributed by atoms with Crippen molar-refractivity contribution in [3.8, 4) is 0 Å². The Morgan fingerprint density at radius 1 is 1.37 bits per heavy atom. The number of fused-ring (bicyclic) bond motifs is 1. The van der Waals surface area contributed by atoms with E-state index in [1.807, 2.05) is 30.3 Å². The van der Waals surface area contributed by atoms with Crippen LogP contribution in [0.1, 0.15) is 12.8 Å². The summed E-state index contributed by atoms with van der Waals surface area (Å²) < 4.78 is 6.90. The zero-order chi connectivity index (χ0) is 13.1. The highest BCUT2D eigenvalue weighted by atomic mass is 32.2. The number of nitrogens with zero attached hydrogens (tertiary/aromatic N) is 2. The molecule has 1 saturated heterocycles. The van der Waals surface area contributed by atoms with Crippen LogP contribution in [0.25, 0.3) is 10.2 Å². The van der Waals surface area contributed by atoms with Gasteiger partial charge in [0.1, 0.15) is 12.1 Å². The number of anilines is 1. The maximum Gasteiger partial charge on any atom is 0.147 e. The molecule has 0 unspecified atom stereocenters. The SMILES string of the molecule is COC1(CNc2ncnc3ccsc23)CCSCC1. The van der Waals surface area contributed by atoms with Crippen molar-refractivity contribution in [2.24, 2.45) is 0 Å². The summed E-state index contributed by atoms with van der Waals surface area (Å²) in [6.45, 7) is 0.814. The van der Waals surface area contributed by atoms with Crippen LogP contribution in [-0.2, 0) is 4.74 Å². The van der Waals surface area contributed by atoms with Gasteiger partial charge < -0.3 is 10.1 Å². The fourth-order valence-corrected chi connectivity index (χ4v) is 4.40. The molecule has 1 N–H and O–H groups in total. The Labute approximate surface area is 121 Å². The molecule has 102 valence electrons. The number of methoxy groups -OCH3 is 1. The molecule has 3 rings (SSSR count). The minimum Gasteiger partial charge on any atom is -0.376 e. The molecular weight excluding hydrogens is 278 g/mol. The van der Waals surface area contributed by atoms with Crippen molar-refractivity contribution in [3.63, 3.8) is 0 Å². The van der Waals surface area contributed by atoms with E-state index in [1.54, 1.807) is 17.7 Å². The number of nitrogens with one attached hydrogen (secondary N) is 1. The molecule has 0 radical (unpaired) electrons. The minimum atomic E-state index is -0.0419. The van der Waals surface area contributed by atoms with Crippen LogP contribution in [0.4, 0.5) is 5.82 Å². The van der Waals surface area contributed by atoms with E-state index in [0.29, 0.717) is 0 Å². The van der Waals surface area contributed by atoms with Crippen LogP contribution in [0, 0.1) is 0 Å². The van der Waals surface area contributed by atoms with Gasteiger partial charge in [0.25, 0.3) is 0 Å². The third-order valence-corrected chi connectivity index (χ3v) is 5.55. The zero-order valence-electron chi connectivity index (χ0n) is 10.9. The van der Waals surface area contributed by atoms with E-state index >= 15 is 0 Å². The van der Waals surface area contributed by atoms with Crippen molar-refractivity contribution >= 4 is 39.1 Å². The first-order valence-electron chi connectivity index (χ1n) is 6.38. The third kappa shape index (κ3) is 2.70. The number of thioether (sulfide) groups is 1. The lowest BCUT2D eigenvalue weighted by Gasteiger charge is -2.35. The normalized spacial score (nSPS) is 18.6.